The van der Waals surface area contributed by atoms with Crippen molar-refractivity contribution in [2.75, 3.05) is 5.32 Å². The molecule has 1 heterocycles. The van der Waals surface area contributed by atoms with Crippen LogP contribution in [0.2, 0.25) is 0 Å². The van der Waals surface area contributed by atoms with Crippen LogP contribution in [0.1, 0.15) is 6.42 Å². The van der Waals surface area contributed by atoms with Gasteiger partial charge in [-0.2, -0.15) is 0 Å². The number of anilines is 1. The molecule has 0 bridgehead atoms. The van der Waals surface area contributed by atoms with Crippen molar-refractivity contribution in [3.8, 4) is 0 Å². The van der Waals surface area contributed by atoms with Crippen LogP contribution >= 0.6 is 15.9 Å². The fourth-order valence-corrected chi connectivity index (χ4v) is 1.81. The summed E-state index contributed by atoms with van der Waals surface area (Å²) in [5, 5.41) is 4.56. The summed E-state index contributed by atoms with van der Waals surface area (Å²) in [5.74, 6) is -2.34. The predicted octanol–water partition coefficient (Wildman–Crippen LogP) is 1.55. The van der Waals surface area contributed by atoms with E-state index in [0.717, 1.165) is 12.1 Å². The molecule has 1 aliphatic rings. The normalized spacial score (nSPS) is 19.4. The highest BCUT2D eigenvalue weighted by molar-refractivity contribution is 9.10. The van der Waals surface area contributed by atoms with E-state index in [-0.39, 0.29) is 16.6 Å². The summed E-state index contributed by atoms with van der Waals surface area (Å²) < 4.78 is 26.6. The van der Waals surface area contributed by atoms with Crippen molar-refractivity contribution in [3.05, 3.63) is 28.2 Å². The Morgan fingerprint density at radius 2 is 2.00 bits per heavy atom. The number of amides is 2. The molecule has 17 heavy (non-hydrogen) atoms. The highest BCUT2D eigenvalue weighted by Crippen LogP contribution is 2.24. The maximum atomic E-state index is 13.4. The van der Waals surface area contributed by atoms with Crippen molar-refractivity contribution < 1.29 is 18.4 Å². The van der Waals surface area contributed by atoms with Crippen LogP contribution in [0, 0.1) is 11.6 Å². The van der Waals surface area contributed by atoms with Gasteiger partial charge in [-0.25, -0.2) is 8.78 Å². The van der Waals surface area contributed by atoms with E-state index in [0.29, 0.717) is 0 Å². The van der Waals surface area contributed by atoms with Gasteiger partial charge in [-0.15, -0.1) is 0 Å². The molecule has 0 aliphatic carbocycles. The molecule has 1 unspecified atom stereocenters. The SMILES string of the molecule is O=C1CC(Nc2cc(F)c(Br)cc2F)C(=O)N1. The molecule has 2 rings (SSSR count). The average molecular weight is 305 g/mol. The highest BCUT2D eigenvalue weighted by Gasteiger charge is 2.31. The molecule has 90 valence electrons. The Morgan fingerprint density at radius 1 is 1.29 bits per heavy atom. The molecule has 1 saturated heterocycles. The highest BCUT2D eigenvalue weighted by atomic mass is 79.9. The second kappa shape index (κ2) is 4.40. The largest absolute Gasteiger partial charge is 0.371 e. The number of halogens is 3. The summed E-state index contributed by atoms with van der Waals surface area (Å²) in [5.41, 5.74) is -0.152. The molecule has 2 N–H and O–H groups in total. The second-order valence-electron chi connectivity index (χ2n) is 3.56. The number of hydrogen-bond acceptors (Lipinski definition) is 3. The molecular weight excluding hydrogens is 298 g/mol. The van der Waals surface area contributed by atoms with Crippen molar-refractivity contribution >= 4 is 33.4 Å². The summed E-state index contributed by atoms with van der Waals surface area (Å²) in [6.45, 7) is 0. The molecule has 1 fully saturated rings. The van der Waals surface area contributed by atoms with Crippen molar-refractivity contribution in [1.82, 2.24) is 5.32 Å². The van der Waals surface area contributed by atoms with E-state index in [1.165, 1.54) is 0 Å². The summed E-state index contributed by atoms with van der Waals surface area (Å²) in [4.78, 5) is 22.1. The predicted molar refractivity (Wildman–Crippen MR) is 59.2 cm³/mol. The molecule has 1 aromatic carbocycles. The van der Waals surface area contributed by atoms with Crippen LogP contribution in [0.15, 0.2) is 16.6 Å². The number of carbonyl (C=O) groups excluding carboxylic acids is 2. The zero-order chi connectivity index (χ0) is 12.6. The van der Waals surface area contributed by atoms with E-state index < -0.39 is 29.5 Å². The van der Waals surface area contributed by atoms with Gasteiger partial charge >= 0.3 is 0 Å². The number of nitrogens with one attached hydrogen (secondary N) is 2. The zero-order valence-electron chi connectivity index (χ0n) is 8.39. The van der Waals surface area contributed by atoms with Crippen LogP contribution in [0.25, 0.3) is 0 Å². The monoisotopic (exact) mass is 304 g/mol. The quantitative estimate of drug-likeness (QED) is 0.644. The Labute approximate surface area is 104 Å². The van der Waals surface area contributed by atoms with Gasteiger partial charge in [0, 0.05) is 6.07 Å². The van der Waals surface area contributed by atoms with Gasteiger partial charge in [0.15, 0.2) is 0 Å². The third-order valence-electron chi connectivity index (χ3n) is 2.31. The van der Waals surface area contributed by atoms with Crippen molar-refractivity contribution in [1.29, 1.82) is 0 Å². The minimum Gasteiger partial charge on any atom is -0.371 e. The number of hydrogen-bond donors (Lipinski definition) is 2. The van der Waals surface area contributed by atoms with Crippen LogP contribution in [-0.4, -0.2) is 17.9 Å². The summed E-state index contributed by atoms with van der Waals surface area (Å²) in [6.07, 6.45) is -0.0873. The Hall–Kier alpha value is -1.50. The third kappa shape index (κ3) is 2.44. The van der Waals surface area contributed by atoms with Crippen LogP contribution < -0.4 is 10.6 Å². The molecule has 1 aromatic rings. The summed E-state index contributed by atoms with van der Waals surface area (Å²) >= 11 is 2.84. The standard InChI is InChI=1S/C10H7BrF2N2O2/c11-4-1-6(13)7(2-5(4)12)14-8-3-9(16)15-10(8)17/h1-2,8,14H,3H2,(H,15,16,17). The fourth-order valence-electron chi connectivity index (χ4n) is 1.49. The Bertz CT molecular complexity index is 507. The second-order valence-corrected chi connectivity index (χ2v) is 4.41. The lowest BCUT2D eigenvalue weighted by Gasteiger charge is -2.12. The lowest BCUT2D eigenvalue weighted by atomic mass is 10.2. The van der Waals surface area contributed by atoms with Crippen LogP contribution in [0.4, 0.5) is 14.5 Å². The maximum absolute atomic E-state index is 13.4. The van der Waals surface area contributed by atoms with Gasteiger partial charge in [0.05, 0.1) is 16.6 Å². The first kappa shape index (κ1) is 12.0. The van der Waals surface area contributed by atoms with Crippen LogP contribution in [-0.2, 0) is 9.59 Å². The first-order chi connectivity index (χ1) is 7.97. The zero-order valence-corrected chi connectivity index (χ0v) is 9.98. The first-order valence-electron chi connectivity index (χ1n) is 4.72. The summed E-state index contributed by atoms with van der Waals surface area (Å²) in [7, 11) is 0. The van der Waals surface area contributed by atoms with Gasteiger partial charge < -0.3 is 5.32 Å². The Kier molecular flexibility index (Phi) is 3.10. The minimum absolute atomic E-state index is 0.00694. The number of rotatable bonds is 2. The smallest absolute Gasteiger partial charge is 0.249 e. The molecule has 1 atom stereocenters. The molecule has 7 heteroatoms. The van der Waals surface area contributed by atoms with Gasteiger partial charge in [-0.3, -0.25) is 14.9 Å². The van der Waals surface area contributed by atoms with Gasteiger partial charge in [-0.05, 0) is 22.0 Å². The molecule has 0 radical (unpaired) electrons. The number of benzene rings is 1. The third-order valence-corrected chi connectivity index (χ3v) is 2.92. The van der Waals surface area contributed by atoms with E-state index >= 15 is 0 Å². The molecule has 4 nitrogen and oxygen atoms in total. The fraction of sp³-hybridized carbons (Fsp3) is 0.200. The van der Waals surface area contributed by atoms with E-state index in [1.807, 2.05) is 0 Å². The van der Waals surface area contributed by atoms with Crippen LogP contribution in [0.3, 0.4) is 0 Å². The summed E-state index contributed by atoms with van der Waals surface area (Å²) in [6, 6.07) is 1.01. The van der Waals surface area contributed by atoms with E-state index in [4.69, 9.17) is 0 Å². The maximum Gasteiger partial charge on any atom is 0.249 e. The lowest BCUT2D eigenvalue weighted by molar-refractivity contribution is -0.124. The van der Waals surface area contributed by atoms with E-state index in [9.17, 15) is 18.4 Å². The topological polar surface area (TPSA) is 58.2 Å². The van der Waals surface area contributed by atoms with Gasteiger partial charge in [-0.1, -0.05) is 0 Å². The molecule has 0 saturated carbocycles. The van der Waals surface area contributed by atoms with Crippen molar-refractivity contribution in [2.24, 2.45) is 0 Å². The van der Waals surface area contributed by atoms with Gasteiger partial charge in [0.25, 0.3) is 0 Å². The average Bonchev–Trinajstić information content (AvgIpc) is 2.54. The molecule has 2 amide bonds. The van der Waals surface area contributed by atoms with E-state index in [1.54, 1.807) is 0 Å². The van der Waals surface area contributed by atoms with Crippen molar-refractivity contribution in [2.45, 2.75) is 12.5 Å². The van der Waals surface area contributed by atoms with E-state index in [2.05, 4.69) is 26.6 Å². The van der Waals surface area contributed by atoms with Crippen LogP contribution in [0.5, 0.6) is 0 Å². The van der Waals surface area contributed by atoms with Crippen molar-refractivity contribution in [3.63, 3.8) is 0 Å². The molecule has 0 spiro atoms. The minimum atomic E-state index is -0.863. The van der Waals surface area contributed by atoms with Gasteiger partial charge in [0.1, 0.15) is 17.7 Å². The number of carbonyl (C=O) groups is 2. The number of imide groups is 1. The Balaban J connectivity index is 2.22. The van der Waals surface area contributed by atoms with Gasteiger partial charge in [0.2, 0.25) is 11.8 Å². The molecule has 1 aliphatic heterocycles. The molecule has 0 aromatic heterocycles. The first-order valence-corrected chi connectivity index (χ1v) is 5.51. The Morgan fingerprint density at radius 3 is 2.59 bits per heavy atom. The molecular formula is C10H7BrF2N2O2. The lowest BCUT2D eigenvalue weighted by Crippen LogP contribution is -2.30.